The van der Waals surface area contributed by atoms with E-state index in [9.17, 15) is 0 Å². The van der Waals surface area contributed by atoms with Crippen molar-refractivity contribution in [1.82, 2.24) is 10.6 Å². The number of fused-ring (bicyclic) bond motifs is 1. The largest absolute Gasteiger partial charge is 0.356 e. The fraction of sp³-hybridized carbons (Fsp3) is 0.562. The van der Waals surface area contributed by atoms with Gasteiger partial charge in [-0.15, -0.1) is 24.0 Å². The van der Waals surface area contributed by atoms with Crippen LogP contribution in [-0.4, -0.2) is 26.1 Å². The standard InChI is InChI=1S/C16H25N3.HI/c1-12(2)8-9-18-16(17-3)19-11-14-10-13-6-4-5-7-15(13)14;/h4-7,12,14H,8-11H2,1-3H3,(H2,17,18,19);1H. The second-order valence-electron chi connectivity index (χ2n) is 5.66. The topological polar surface area (TPSA) is 36.4 Å². The molecule has 0 spiro atoms. The molecular weight excluding hydrogens is 361 g/mol. The first kappa shape index (κ1) is 17.3. The molecule has 1 unspecified atom stereocenters. The molecule has 0 aromatic heterocycles. The highest BCUT2D eigenvalue weighted by atomic mass is 127. The molecule has 0 bridgehead atoms. The van der Waals surface area contributed by atoms with Gasteiger partial charge < -0.3 is 10.6 Å². The predicted molar refractivity (Wildman–Crippen MR) is 97.1 cm³/mol. The van der Waals surface area contributed by atoms with Crippen molar-refractivity contribution in [2.24, 2.45) is 10.9 Å². The van der Waals surface area contributed by atoms with Gasteiger partial charge in [0.15, 0.2) is 5.96 Å². The normalized spacial score (nSPS) is 17.0. The van der Waals surface area contributed by atoms with Gasteiger partial charge in [0.05, 0.1) is 0 Å². The number of hydrogen-bond donors (Lipinski definition) is 2. The van der Waals surface area contributed by atoms with Crippen LogP contribution in [0.4, 0.5) is 0 Å². The SMILES string of the molecule is CN=C(NCCC(C)C)NCC1Cc2ccccc21.I. The Kier molecular flexibility index (Phi) is 7.34. The molecule has 1 atom stereocenters. The van der Waals surface area contributed by atoms with E-state index in [0.29, 0.717) is 5.92 Å². The third kappa shape index (κ3) is 4.65. The van der Waals surface area contributed by atoms with E-state index in [1.165, 1.54) is 24.0 Å². The summed E-state index contributed by atoms with van der Waals surface area (Å²) in [5.41, 5.74) is 2.99. The second-order valence-corrected chi connectivity index (χ2v) is 5.66. The maximum absolute atomic E-state index is 4.27. The van der Waals surface area contributed by atoms with E-state index in [4.69, 9.17) is 0 Å². The summed E-state index contributed by atoms with van der Waals surface area (Å²) in [6.45, 7) is 6.43. The Morgan fingerprint density at radius 1 is 1.30 bits per heavy atom. The van der Waals surface area contributed by atoms with Gasteiger partial charge in [0.25, 0.3) is 0 Å². The van der Waals surface area contributed by atoms with E-state index in [1.807, 2.05) is 7.05 Å². The third-order valence-corrected chi connectivity index (χ3v) is 3.71. The molecule has 0 heterocycles. The number of nitrogens with zero attached hydrogens (tertiary/aromatic N) is 1. The molecule has 0 saturated heterocycles. The number of aliphatic imine (C=N–C) groups is 1. The van der Waals surface area contributed by atoms with Gasteiger partial charge >= 0.3 is 0 Å². The Bertz CT molecular complexity index is 443. The zero-order valence-corrected chi connectivity index (χ0v) is 15.0. The molecular formula is C16H26IN3. The molecule has 0 fully saturated rings. The zero-order chi connectivity index (χ0) is 13.7. The highest BCUT2D eigenvalue weighted by Gasteiger charge is 2.25. The van der Waals surface area contributed by atoms with Crippen LogP contribution < -0.4 is 10.6 Å². The van der Waals surface area contributed by atoms with Crippen LogP contribution >= 0.6 is 24.0 Å². The van der Waals surface area contributed by atoms with E-state index >= 15 is 0 Å². The molecule has 0 radical (unpaired) electrons. The summed E-state index contributed by atoms with van der Waals surface area (Å²) in [4.78, 5) is 4.27. The number of guanidine groups is 1. The third-order valence-electron chi connectivity index (χ3n) is 3.71. The van der Waals surface area contributed by atoms with Gasteiger partial charge in [-0.25, -0.2) is 0 Å². The van der Waals surface area contributed by atoms with Crippen LogP contribution in [0.5, 0.6) is 0 Å². The van der Waals surface area contributed by atoms with Crippen LogP contribution in [0.15, 0.2) is 29.3 Å². The average molecular weight is 387 g/mol. The zero-order valence-electron chi connectivity index (χ0n) is 12.6. The van der Waals surface area contributed by atoms with Crippen molar-refractivity contribution < 1.29 is 0 Å². The minimum atomic E-state index is 0. The molecule has 1 aliphatic rings. The lowest BCUT2D eigenvalue weighted by Gasteiger charge is -2.30. The Morgan fingerprint density at radius 3 is 2.70 bits per heavy atom. The maximum atomic E-state index is 4.27. The number of halogens is 1. The lowest BCUT2D eigenvalue weighted by molar-refractivity contribution is 0.561. The summed E-state index contributed by atoms with van der Waals surface area (Å²) in [5.74, 6) is 2.29. The summed E-state index contributed by atoms with van der Waals surface area (Å²) >= 11 is 0. The Morgan fingerprint density at radius 2 is 2.05 bits per heavy atom. The molecule has 1 aromatic rings. The number of rotatable bonds is 5. The first-order valence-corrected chi connectivity index (χ1v) is 7.23. The van der Waals surface area contributed by atoms with E-state index < -0.39 is 0 Å². The van der Waals surface area contributed by atoms with Gasteiger partial charge in [0, 0.05) is 26.1 Å². The smallest absolute Gasteiger partial charge is 0.190 e. The van der Waals surface area contributed by atoms with Gasteiger partial charge in [0.1, 0.15) is 0 Å². The molecule has 0 saturated carbocycles. The molecule has 3 nitrogen and oxygen atoms in total. The molecule has 0 aliphatic heterocycles. The summed E-state index contributed by atoms with van der Waals surface area (Å²) in [6.07, 6.45) is 2.36. The Hall–Kier alpha value is -0.780. The highest BCUT2D eigenvalue weighted by Crippen LogP contribution is 2.33. The van der Waals surface area contributed by atoms with Crippen molar-refractivity contribution in [3.8, 4) is 0 Å². The number of hydrogen-bond acceptors (Lipinski definition) is 1. The summed E-state index contributed by atoms with van der Waals surface area (Å²) in [5, 5.41) is 6.79. The first-order valence-electron chi connectivity index (χ1n) is 7.23. The molecule has 112 valence electrons. The van der Waals surface area contributed by atoms with Gasteiger partial charge in [-0.3, -0.25) is 4.99 Å². The number of nitrogens with one attached hydrogen (secondary N) is 2. The Labute approximate surface area is 139 Å². The van der Waals surface area contributed by atoms with E-state index in [0.717, 1.165) is 25.0 Å². The molecule has 2 rings (SSSR count). The van der Waals surface area contributed by atoms with E-state index in [2.05, 4.69) is 53.7 Å². The van der Waals surface area contributed by atoms with Crippen LogP contribution in [0.3, 0.4) is 0 Å². The fourth-order valence-electron chi connectivity index (χ4n) is 2.46. The van der Waals surface area contributed by atoms with Crippen molar-refractivity contribution in [2.45, 2.75) is 32.6 Å². The minimum absolute atomic E-state index is 0. The predicted octanol–water partition coefficient (Wildman–Crippen LogP) is 3.16. The van der Waals surface area contributed by atoms with Crippen LogP contribution in [0.25, 0.3) is 0 Å². The van der Waals surface area contributed by atoms with E-state index in [-0.39, 0.29) is 24.0 Å². The van der Waals surface area contributed by atoms with Crippen molar-refractivity contribution in [3.63, 3.8) is 0 Å². The monoisotopic (exact) mass is 387 g/mol. The summed E-state index contributed by atoms with van der Waals surface area (Å²) in [7, 11) is 1.83. The van der Waals surface area contributed by atoms with Gasteiger partial charge in [-0.05, 0) is 29.9 Å². The van der Waals surface area contributed by atoms with Crippen molar-refractivity contribution in [3.05, 3.63) is 35.4 Å². The molecule has 1 aliphatic carbocycles. The fourth-order valence-corrected chi connectivity index (χ4v) is 2.46. The lowest BCUT2D eigenvalue weighted by atomic mass is 9.78. The van der Waals surface area contributed by atoms with E-state index in [1.54, 1.807) is 0 Å². The number of benzene rings is 1. The first-order chi connectivity index (χ1) is 9.20. The molecule has 1 aromatic carbocycles. The molecule has 0 amide bonds. The van der Waals surface area contributed by atoms with Gasteiger partial charge in [0.2, 0.25) is 0 Å². The molecule has 4 heteroatoms. The molecule has 20 heavy (non-hydrogen) atoms. The Balaban J connectivity index is 0.00000200. The summed E-state index contributed by atoms with van der Waals surface area (Å²) in [6, 6.07) is 8.71. The van der Waals surface area contributed by atoms with Gasteiger partial charge in [-0.1, -0.05) is 38.1 Å². The van der Waals surface area contributed by atoms with Gasteiger partial charge in [-0.2, -0.15) is 0 Å². The molecule has 2 N–H and O–H groups in total. The average Bonchev–Trinajstić information content (AvgIpc) is 2.37. The quantitative estimate of drug-likeness (QED) is 0.463. The van der Waals surface area contributed by atoms with Crippen LogP contribution in [-0.2, 0) is 6.42 Å². The van der Waals surface area contributed by atoms with Crippen molar-refractivity contribution in [2.75, 3.05) is 20.1 Å². The highest BCUT2D eigenvalue weighted by molar-refractivity contribution is 14.0. The van der Waals surface area contributed by atoms with Crippen LogP contribution in [0.2, 0.25) is 0 Å². The summed E-state index contributed by atoms with van der Waals surface area (Å²) < 4.78 is 0. The van der Waals surface area contributed by atoms with Crippen molar-refractivity contribution in [1.29, 1.82) is 0 Å². The van der Waals surface area contributed by atoms with Crippen LogP contribution in [0.1, 0.15) is 37.3 Å². The van der Waals surface area contributed by atoms with Crippen LogP contribution in [0, 0.1) is 5.92 Å². The lowest BCUT2D eigenvalue weighted by Crippen LogP contribution is -2.41. The maximum Gasteiger partial charge on any atom is 0.190 e. The minimum Gasteiger partial charge on any atom is -0.356 e. The van der Waals surface area contributed by atoms with Crippen molar-refractivity contribution >= 4 is 29.9 Å². The second kappa shape index (κ2) is 8.49.